The van der Waals surface area contributed by atoms with Gasteiger partial charge in [-0.2, -0.15) is 0 Å². The summed E-state index contributed by atoms with van der Waals surface area (Å²) < 4.78 is 5.97. The second-order valence-corrected chi connectivity index (χ2v) is 4.43. The average Bonchev–Trinajstić information content (AvgIpc) is 2.16. The lowest BCUT2D eigenvalue weighted by Crippen LogP contribution is -2.06. The number of benzene rings is 1. The standard InChI is InChI=1S/C11H15BrO2/c1-7(2)11(13)9-5-4-8(14-3)6-10(9)12/h4-7,11,13H,1-3H3. The SMILES string of the molecule is COc1ccc(C(O)C(C)C)c(Br)c1. The zero-order valence-corrected chi connectivity index (χ0v) is 10.2. The van der Waals surface area contributed by atoms with Crippen LogP contribution in [0.5, 0.6) is 5.75 Å². The third kappa shape index (κ3) is 2.49. The van der Waals surface area contributed by atoms with E-state index in [1.165, 1.54) is 0 Å². The van der Waals surface area contributed by atoms with Crippen LogP contribution in [0.2, 0.25) is 0 Å². The first-order valence-corrected chi connectivity index (χ1v) is 5.37. The molecule has 1 atom stereocenters. The third-order valence-electron chi connectivity index (χ3n) is 2.16. The summed E-state index contributed by atoms with van der Waals surface area (Å²) in [5.74, 6) is 0.997. The molecule has 1 aromatic carbocycles. The average molecular weight is 259 g/mol. The van der Waals surface area contributed by atoms with E-state index >= 15 is 0 Å². The second-order valence-electron chi connectivity index (χ2n) is 3.58. The Kier molecular flexibility index (Phi) is 3.96. The van der Waals surface area contributed by atoms with Crippen molar-refractivity contribution in [3.8, 4) is 5.75 Å². The third-order valence-corrected chi connectivity index (χ3v) is 2.84. The van der Waals surface area contributed by atoms with Gasteiger partial charge in [0.2, 0.25) is 0 Å². The van der Waals surface area contributed by atoms with Gasteiger partial charge in [-0.25, -0.2) is 0 Å². The van der Waals surface area contributed by atoms with E-state index in [4.69, 9.17) is 4.74 Å². The van der Waals surface area contributed by atoms with E-state index in [9.17, 15) is 5.11 Å². The van der Waals surface area contributed by atoms with Gasteiger partial charge < -0.3 is 9.84 Å². The van der Waals surface area contributed by atoms with Crippen molar-refractivity contribution in [2.45, 2.75) is 20.0 Å². The summed E-state index contributed by atoms with van der Waals surface area (Å²) in [7, 11) is 1.63. The molecule has 0 fully saturated rings. The first kappa shape index (κ1) is 11.5. The molecule has 2 nitrogen and oxygen atoms in total. The highest BCUT2D eigenvalue weighted by Crippen LogP contribution is 2.31. The first-order chi connectivity index (χ1) is 6.56. The zero-order chi connectivity index (χ0) is 10.7. The maximum absolute atomic E-state index is 9.87. The van der Waals surface area contributed by atoms with Crippen LogP contribution in [0.4, 0.5) is 0 Å². The van der Waals surface area contributed by atoms with Crippen molar-refractivity contribution in [3.63, 3.8) is 0 Å². The van der Waals surface area contributed by atoms with Crippen LogP contribution < -0.4 is 4.74 Å². The number of aliphatic hydroxyl groups excluding tert-OH is 1. The predicted molar refractivity (Wildman–Crippen MR) is 60.5 cm³/mol. The predicted octanol–water partition coefficient (Wildman–Crippen LogP) is 3.15. The van der Waals surface area contributed by atoms with Gasteiger partial charge >= 0.3 is 0 Å². The molecule has 1 N–H and O–H groups in total. The molecule has 0 saturated heterocycles. The van der Waals surface area contributed by atoms with Gasteiger partial charge in [0.25, 0.3) is 0 Å². The second kappa shape index (κ2) is 4.80. The molecule has 14 heavy (non-hydrogen) atoms. The smallest absolute Gasteiger partial charge is 0.120 e. The quantitative estimate of drug-likeness (QED) is 0.903. The van der Waals surface area contributed by atoms with Gasteiger partial charge in [-0.1, -0.05) is 35.8 Å². The van der Waals surface area contributed by atoms with Crippen molar-refractivity contribution >= 4 is 15.9 Å². The van der Waals surface area contributed by atoms with Crippen molar-refractivity contribution < 1.29 is 9.84 Å². The van der Waals surface area contributed by atoms with E-state index in [1.54, 1.807) is 7.11 Å². The minimum absolute atomic E-state index is 0.208. The fourth-order valence-electron chi connectivity index (χ4n) is 1.23. The number of ether oxygens (including phenoxy) is 1. The summed E-state index contributed by atoms with van der Waals surface area (Å²) in [6.07, 6.45) is -0.435. The van der Waals surface area contributed by atoms with Crippen molar-refractivity contribution in [1.82, 2.24) is 0 Å². The van der Waals surface area contributed by atoms with Crippen LogP contribution >= 0.6 is 15.9 Å². The van der Waals surface area contributed by atoms with E-state index in [2.05, 4.69) is 15.9 Å². The Morgan fingerprint density at radius 1 is 1.36 bits per heavy atom. The van der Waals surface area contributed by atoms with E-state index in [0.29, 0.717) is 0 Å². The molecule has 0 saturated carbocycles. The van der Waals surface area contributed by atoms with Crippen molar-refractivity contribution in [2.24, 2.45) is 5.92 Å². The Bertz CT molecular complexity index is 310. The molecule has 0 aliphatic heterocycles. The number of methoxy groups -OCH3 is 1. The van der Waals surface area contributed by atoms with Crippen molar-refractivity contribution in [2.75, 3.05) is 7.11 Å². The number of hydrogen-bond donors (Lipinski definition) is 1. The molecule has 0 heterocycles. The summed E-state index contributed by atoms with van der Waals surface area (Å²) >= 11 is 3.42. The molecular weight excluding hydrogens is 244 g/mol. The maximum atomic E-state index is 9.87. The van der Waals surface area contributed by atoms with Crippen LogP contribution in [0.3, 0.4) is 0 Å². The lowest BCUT2D eigenvalue weighted by molar-refractivity contribution is 0.126. The van der Waals surface area contributed by atoms with Gasteiger partial charge in [0, 0.05) is 4.47 Å². The molecule has 0 amide bonds. The van der Waals surface area contributed by atoms with Gasteiger partial charge in [0.1, 0.15) is 5.75 Å². The number of aliphatic hydroxyl groups is 1. The van der Waals surface area contributed by atoms with Crippen molar-refractivity contribution in [1.29, 1.82) is 0 Å². The fraction of sp³-hybridized carbons (Fsp3) is 0.455. The van der Waals surface area contributed by atoms with Crippen LogP contribution in [-0.2, 0) is 0 Å². The highest BCUT2D eigenvalue weighted by atomic mass is 79.9. The summed E-state index contributed by atoms with van der Waals surface area (Å²) in [5, 5.41) is 9.87. The van der Waals surface area contributed by atoms with Gasteiger partial charge in [0.05, 0.1) is 13.2 Å². The molecular formula is C11H15BrO2. The summed E-state index contributed by atoms with van der Waals surface area (Å²) in [6.45, 7) is 3.97. The molecule has 1 rings (SSSR count). The van der Waals surface area contributed by atoms with E-state index < -0.39 is 6.10 Å². The van der Waals surface area contributed by atoms with Crippen LogP contribution in [0.1, 0.15) is 25.5 Å². The molecule has 78 valence electrons. The minimum Gasteiger partial charge on any atom is -0.497 e. The molecule has 1 aromatic rings. The highest BCUT2D eigenvalue weighted by molar-refractivity contribution is 9.10. The zero-order valence-electron chi connectivity index (χ0n) is 8.62. The maximum Gasteiger partial charge on any atom is 0.120 e. The molecule has 0 aliphatic carbocycles. The normalized spacial score (nSPS) is 13.0. The molecule has 3 heteroatoms. The number of hydrogen-bond acceptors (Lipinski definition) is 2. The lowest BCUT2D eigenvalue weighted by Gasteiger charge is -2.16. The van der Waals surface area contributed by atoms with Crippen LogP contribution in [-0.4, -0.2) is 12.2 Å². The number of halogens is 1. The molecule has 1 unspecified atom stereocenters. The Morgan fingerprint density at radius 2 is 2.00 bits per heavy atom. The van der Waals surface area contributed by atoms with E-state index in [-0.39, 0.29) is 5.92 Å². The van der Waals surface area contributed by atoms with Crippen LogP contribution in [0.25, 0.3) is 0 Å². The minimum atomic E-state index is -0.435. The largest absolute Gasteiger partial charge is 0.497 e. The lowest BCUT2D eigenvalue weighted by atomic mass is 9.99. The van der Waals surface area contributed by atoms with Crippen LogP contribution in [0.15, 0.2) is 22.7 Å². The van der Waals surface area contributed by atoms with Gasteiger partial charge in [0.15, 0.2) is 0 Å². The molecule has 0 radical (unpaired) electrons. The molecule has 0 bridgehead atoms. The first-order valence-electron chi connectivity index (χ1n) is 4.57. The van der Waals surface area contributed by atoms with Gasteiger partial charge in [-0.3, -0.25) is 0 Å². The Balaban J connectivity index is 2.99. The Morgan fingerprint density at radius 3 is 2.43 bits per heavy atom. The van der Waals surface area contributed by atoms with Crippen molar-refractivity contribution in [3.05, 3.63) is 28.2 Å². The monoisotopic (exact) mass is 258 g/mol. The molecule has 0 aliphatic rings. The Labute approximate surface area is 93.0 Å². The molecule has 0 spiro atoms. The summed E-state index contributed by atoms with van der Waals surface area (Å²) in [4.78, 5) is 0. The van der Waals surface area contributed by atoms with Gasteiger partial charge in [-0.15, -0.1) is 0 Å². The number of rotatable bonds is 3. The summed E-state index contributed by atoms with van der Waals surface area (Å²) in [5.41, 5.74) is 0.904. The molecule has 0 aromatic heterocycles. The highest BCUT2D eigenvalue weighted by Gasteiger charge is 2.15. The van der Waals surface area contributed by atoms with Gasteiger partial charge in [-0.05, 0) is 23.6 Å². The van der Waals surface area contributed by atoms with E-state index in [1.807, 2.05) is 32.0 Å². The Hall–Kier alpha value is -0.540. The topological polar surface area (TPSA) is 29.5 Å². The van der Waals surface area contributed by atoms with E-state index in [0.717, 1.165) is 15.8 Å². The summed E-state index contributed by atoms with van der Waals surface area (Å²) in [6, 6.07) is 5.60. The fourth-order valence-corrected chi connectivity index (χ4v) is 1.83. The van der Waals surface area contributed by atoms with Crippen LogP contribution in [0, 0.1) is 5.92 Å².